The Labute approximate surface area is 96.9 Å². The van der Waals surface area contributed by atoms with Crippen LogP contribution in [0, 0.1) is 0 Å². The Morgan fingerprint density at radius 2 is 2.00 bits per heavy atom. The lowest BCUT2D eigenvalue weighted by Gasteiger charge is -2.24. The number of methoxy groups -OCH3 is 1. The fourth-order valence-corrected chi connectivity index (χ4v) is 1.47. The highest BCUT2D eigenvalue weighted by Gasteiger charge is 2.31. The molecule has 0 bridgehead atoms. The second-order valence-electron chi connectivity index (χ2n) is 3.94. The SMILES string of the molecule is C=Cc1ccc(C(=O)C(C)(CC)OC)cc1. The molecular weight excluding hydrogens is 200 g/mol. The summed E-state index contributed by atoms with van der Waals surface area (Å²) in [5.41, 5.74) is 0.958. The Morgan fingerprint density at radius 3 is 2.38 bits per heavy atom. The molecule has 0 saturated heterocycles. The first-order chi connectivity index (χ1) is 7.57. The highest BCUT2D eigenvalue weighted by atomic mass is 16.5. The first-order valence-electron chi connectivity index (χ1n) is 5.40. The molecule has 0 aliphatic carbocycles. The maximum absolute atomic E-state index is 12.2. The molecule has 1 atom stereocenters. The summed E-state index contributed by atoms with van der Waals surface area (Å²) in [6.07, 6.45) is 2.41. The van der Waals surface area contributed by atoms with E-state index in [1.807, 2.05) is 38.1 Å². The third-order valence-corrected chi connectivity index (χ3v) is 3.01. The molecule has 0 radical (unpaired) electrons. The lowest BCUT2D eigenvalue weighted by atomic mass is 9.91. The van der Waals surface area contributed by atoms with Gasteiger partial charge >= 0.3 is 0 Å². The highest BCUT2D eigenvalue weighted by molar-refractivity contribution is 6.02. The van der Waals surface area contributed by atoms with E-state index in [9.17, 15) is 4.79 Å². The van der Waals surface area contributed by atoms with Crippen molar-refractivity contribution < 1.29 is 9.53 Å². The van der Waals surface area contributed by atoms with Crippen LogP contribution in [0.25, 0.3) is 6.08 Å². The van der Waals surface area contributed by atoms with Crippen molar-refractivity contribution in [2.45, 2.75) is 25.9 Å². The van der Waals surface area contributed by atoms with Crippen molar-refractivity contribution >= 4 is 11.9 Å². The van der Waals surface area contributed by atoms with Gasteiger partial charge in [0.25, 0.3) is 0 Å². The molecule has 0 N–H and O–H groups in total. The van der Waals surface area contributed by atoms with E-state index in [1.165, 1.54) is 0 Å². The van der Waals surface area contributed by atoms with Gasteiger partial charge in [-0.05, 0) is 18.9 Å². The van der Waals surface area contributed by atoms with Crippen LogP contribution in [0.1, 0.15) is 36.2 Å². The minimum atomic E-state index is -0.726. The van der Waals surface area contributed by atoms with Gasteiger partial charge in [-0.1, -0.05) is 43.8 Å². The lowest BCUT2D eigenvalue weighted by Crippen LogP contribution is -2.36. The number of hydrogen-bond acceptors (Lipinski definition) is 2. The Kier molecular flexibility index (Phi) is 4.02. The summed E-state index contributed by atoms with van der Waals surface area (Å²) in [4.78, 5) is 12.2. The zero-order valence-corrected chi connectivity index (χ0v) is 10.1. The van der Waals surface area contributed by atoms with E-state index >= 15 is 0 Å². The second-order valence-corrected chi connectivity index (χ2v) is 3.94. The summed E-state index contributed by atoms with van der Waals surface area (Å²) < 4.78 is 5.29. The molecule has 0 aliphatic heterocycles. The summed E-state index contributed by atoms with van der Waals surface area (Å²) in [5, 5.41) is 0. The van der Waals surface area contributed by atoms with E-state index in [4.69, 9.17) is 4.74 Å². The Morgan fingerprint density at radius 1 is 1.44 bits per heavy atom. The van der Waals surface area contributed by atoms with Crippen LogP contribution >= 0.6 is 0 Å². The van der Waals surface area contributed by atoms with Gasteiger partial charge in [0.2, 0.25) is 0 Å². The molecule has 16 heavy (non-hydrogen) atoms. The van der Waals surface area contributed by atoms with Crippen LogP contribution < -0.4 is 0 Å². The molecule has 0 aromatic heterocycles. The van der Waals surface area contributed by atoms with Gasteiger partial charge < -0.3 is 4.74 Å². The third-order valence-electron chi connectivity index (χ3n) is 3.01. The van der Waals surface area contributed by atoms with Crippen molar-refractivity contribution in [2.24, 2.45) is 0 Å². The molecule has 0 heterocycles. The predicted octanol–water partition coefficient (Wildman–Crippen LogP) is 3.33. The molecule has 1 unspecified atom stereocenters. The molecule has 0 amide bonds. The minimum Gasteiger partial charge on any atom is -0.370 e. The molecule has 1 rings (SSSR count). The highest BCUT2D eigenvalue weighted by Crippen LogP contribution is 2.21. The van der Waals surface area contributed by atoms with E-state index < -0.39 is 5.60 Å². The first kappa shape index (κ1) is 12.7. The molecule has 0 aliphatic rings. The van der Waals surface area contributed by atoms with Gasteiger partial charge in [-0.2, -0.15) is 0 Å². The van der Waals surface area contributed by atoms with Crippen LogP contribution in [0.3, 0.4) is 0 Å². The topological polar surface area (TPSA) is 26.3 Å². The molecule has 2 heteroatoms. The van der Waals surface area contributed by atoms with Crippen LogP contribution in [0.15, 0.2) is 30.8 Å². The van der Waals surface area contributed by atoms with E-state index in [-0.39, 0.29) is 5.78 Å². The van der Waals surface area contributed by atoms with Gasteiger partial charge in [0.15, 0.2) is 5.78 Å². The van der Waals surface area contributed by atoms with Gasteiger partial charge in [0.1, 0.15) is 5.60 Å². The van der Waals surface area contributed by atoms with Crippen LogP contribution in [0.5, 0.6) is 0 Å². The number of carbonyl (C=O) groups is 1. The molecule has 0 fully saturated rings. The quantitative estimate of drug-likeness (QED) is 0.709. The molecule has 0 saturated carbocycles. The van der Waals surface area contributed by atoms with Crippen molar-refractivity contribution in [1.29, 1.82) is 0 Å². The van der Waals surface area contributed by atoms with E-state index in [0.717, 1.165) is 5.56 Å². The smallest absolute Gasteiger partial charge is 0.194 e. The number of benzene rings is 1. The number of hydrogen-bond donors (Lipinski definition) is 0. The average molecular weight is 218 g/mol. The molecular formula is C14H18O2. The van der Waals surface area contributed by atoms with Crippen LogP contribution in [-0.4, -0.2) is 18.5 Å². The Bertz CT molecular complexity index is 372. The van der Waals surface area contributed by atoms with Crippen LogP contribution in [0.2, 0.25) is 0 Å². The van der Waals surface area contributed by atoms with E-state index in [2.05, 4.69) is 6.58 Å². The largest absolute Gasteiger partial charge is 0.370 e. The number of rotatable bonds is 5. The molecule has 0 spiro atoms. The summed E-state index contributed by atoms with van der Waals surface area (Å²) in [7, 11) is 1.57. The molecule has 2 nitrogen and oxygen atoms in total. The maximum Gasteiger partial charge on any atom is 0.194 e. The Balaban J connectivity index is 3.00. The number of ether oxygens (including phenoxy) is 1. The van der Waals surface area contributed by atoms with Gasteiger partial charge in [0, 0.05) is 12.7 Å². The first-order valence-corrected chi connectivity index (χ1v) is 5.40. The van der Waals surface area contributed by atoms with Gasteiger partial charge in [0.05, 0.1) is 0 Å². The van der Waals surface area contributed by atoms with E-state index in [0.29, 0.717) is 12.0 Å². The number of Topliss-reactive ketones (excluding diaryl/α,β-unsaturated/α-hetero) is 1. The molecule has 86 valence electrons. The number of ketones is 1. The summed E-state index contributed by atoms with van der Waals surface area (Å²) in [5.74, 6) is 0.0214. The lowest BCUT2D eigenvalue weighted by molar-refractivity contribution is 0.0106. The van der Waals surface area contributed by atoms with Gasteiger partial charge in [-0.25, -0.2) is 0 Å². The van der Waals surface area contributed by atoms with Crippen LogP contribution in [0.4, 0.5) is 0 Å². The minimum absolute atomic E-state index is 0.0214. The number of carbonyl (C=O) groups excluding carboxylic acids is 1. The fourth-order valence-electron chi connectivity index (χ4n) is 1.47. The summed E-state index contributed by atoms with van der Waals surface area (Å²) in [6.45, 7) is 7.44. The van der Waals surface area contributed by atoms with Crippen molar-refractivity contribution in [2.75, 3.05) is 7.11 Å². The average Bonchev–Trinajstić information content (AvgIpc) is 2.37. The second kappa shape index (κ2) is 5.08. The maximum atomic E-state index is 12.2. The molecule has 1 aromatic rings. The fraction of sp³-hybridized carbons (Fsp3) is 0.357. The monoisotopic (exact) mass is 218 g/mol. The summed E-state index contributed by atoms with van der Waals surface area (Å²) in [6, 6.07) is 7.39. The van der Waals surface area contributed by atoms with Crippen molar-refractivity contribution in [3.8, 4) is 0 Å². The van der Waals surface area contributed by atoms with Gasteiger partial charge in [-0.3, -0.25) is 4.79 Å². The standard InChI is InChI=1S/C14H18O2/c1-5-11-7-9-12(10-8-11)13(15)14(3,6-2)16-4/h5,7-10H,1,6H2,2-4H3. The summed E-state index contributed by atoms with van der Waals surface area (Å²) >= 11 is 0. The normalized spacial score (nSPS) is 14.2. The van der Waals surface area contributed by atoms with Gasteiger partial charge in [-0.15, -0.1) is 0 Å². The third kappa shape index (κ3) is 2.39. The van der Waals surface area contributed by atoms with Crippen molar-refractivity contribution in [3.63, 3.8) is 0 Å². The predicted molar refractivity (Wildman–Crippen MR) is 66.6 cm³/mol. The van der Waals surface area contributed by atoms with E-state index in [1.54, 1.807) is 13.2 Å². The Hall–Kier alpha value is -1.41. The van der Waals surface area contributed by atoms with Crippen molar-refractivity contribution in [3.05, 3.63) is 42.0 Å². The van der Waals surface area contributed by atoms with Crippen molar-refractivity contribution in [1.82, 2.24) is 0 Å². The molecule has 1 aromatic carbocycles. The zero-order chi connectivity index (χ0) is 12.2. The zero-order valence-electron chi connectivity index (χ0n) is 10.1. The van der Waals surface area contributed by atoms with Crippen LogP contribution in [-0.2, 0) is 4.74 Å².